The number of carbonyl (C=O) groups is 2. The molecule has 1 N–H and O–H groups in total. The standard InChI is InChI=1S/C19H27NO5/c1-3-10-25-16-7-4-6-15(11-16)12-17(21)20-9-5-8-19(13-20,14-24-2)18(22)23/h4,6-7,11H,3,5,8-10,12-14H2,1-2H3,(H,22,23). The van der Waals surface area contributed by atoms with E-state index in [0.29, 0.717) is 26.0 Å². The van der Waals surface area contributed by atoms with E-state index in [1.54, 1.807) is 4.90 Å². The molecule has 1 saturated heterocycles. The number of ether oxygens (including phenoxy) is 2. The highest BCUT2D eigenvalue weighted by atomic mass is 16.5. The summed E-state index contributed by atoms with van der Waals surface area (Å²) in [5, 5.41) is 9.59. The maximum atomic E-state index is 12.7. The molecule has 1 atom stereocenters. The molecule has 1 aliphatic heterocycles. The van der Waals surface area contributed by atoms with Gasteiger partial charge in [0.25, 0.3) is 0 Å². The number of aliphatic carboxylic acids is 1. The van der Waals surface area contributed by atoms with Crippen molar-refractivity contribution < 1.29 is 24.2 Å². The summed E-state index contributed by atoms with van der Waals surface area (Å²) >= 11 is 0. The number of piperidine rings is 1. The number of carboxylic acid groups (broad SMARTS) is 1. The van der Waals surface area contributed by atoms with E-state index in [-0.39, 0.29) is 25.5 Å². The normalized spacial score (nSPS) is 20.3. The number of likely N-dealkylation sites (tertiary alicyclic amines) is 1. The van der Waals surface area contributed by atoms with Crippen molar-refractivity contribution in [2.45, 2.75) is 32.6 Å². The largest absolute Gasteiger partial charge is 0.494 e. The fraction of sp³-hybridized carbons (Fsp3) is 0.579. The number of amides is 1. The summed E-state index contributed by atoms with van der Waals surface area (Å²) in [5.41, 5.74) is -0.133. The second-order valence-corrected chi connectivity index (χ2v) is 6.61. The first-order valence-corrected chi connectivity index (χ1v) is 8.72. The molecule has 1 amide bonds. The highest BCUT2D eigenvalue weighted by Crippen LogP contribution is 2.31. The lowest BCUT2D eigenvalue weighted by molar-refractivity contribution is -0.159. The first kappa shape index (κ1) is 19.2. The predicted molar refractivity (Wildman–Crippen MR) is 93.7 cm³/mol. The molecule has 1 unspecified atom stereocenters. The van der Waals surface area contributed by atoms with E-state index in [2.05, 4.69) is 0 Å². The maximum absolute atomic E-state index is 12.7. The van der Waals surface area contributed by atoms with Crippen molar-refractivity contribution in [3.63, 3.8) is 0 Å². The molecule has 6 nitrogen and oxygen atoms in total. The summed E-state index contributed by atoms with van der Waals surface area (Å²) in [4.78, 5) is 26.0. The van der Waals surface area contributed by atoms with Crippen LogP contribution < -0.4 is 4.74 Å². The molecular weight excluding hydrogens is 322 g/mol. The molecule has 0 saturated carbocycles. The van der Waals surface area contributed by atoms with Gasteiger partial charge in [-0.25, -0.2) is 0 Å². The van der Waals surface area contributed by atoms with Gasteiger partial charge in [0.2, 0.25) is 5.91 Å². The van der Waals surface area contributed by atoms with Gasteiger partial charge in [-0.3, -0.25) is 9.59 Å². The van der Waals surface area contributed by atoms with Crippen LogP contribution in [0.25, 0.3) is 0 Å². The molecule has 0 radical (unpaired) electrons. The minimum atomic E-state index is -1.01. The lowest BCUT2D eigenvalue weighted by Gasteiger charge is -2.39. The van der Waals surface area contributed by atoms with Gasteiger partial charge in [0.15, 0.2) is 0 Å². The number of carbonyl (C=O) groups excluding carboxylic acids is 1. The van der Waals surface area contributed by atoms with Crippen LogP contribution in [0.5, 0.6) is 5.75 Å². The van der Waals surface area contributed by atoms with Crippen LogP contribution in [0.15, 0.2) is 24.3 Å². The minimum Gasteiger partial charge on any atom is -0.494 e. The fourth-order valence-corrected chi connectivity index (χ4v) is 3.23. The summed E-state index contributed by atoms with van der Waals surface area (Å²) in [6.45, 7) is 3.58. The zero-order valence-electron chi connectivity index (χ0n) is 15.0. The molecule has 25 heavy (non-hydrogen) atoms. The number of methoxy groups -OCH3 is 1. The van der Waals surface area contributed by atoms with Gasteiger partial charge in [0, 0.05) is 20.2 Å². The quantitative estimate of drug-likeness (QED) is 0.780. The average molecular weight is 349 g/mol. The van der Waals surface area contributed by atoms with Crippen LogP contribution in [0.3, 0.4) is 0 Å². The topological polar surface area (TPSA) is 76.1 Å². The Bertz CT molecular complexity index is 599. The Morgan fingerprint density at radius 2 is 2.16 bits per heavy atom. The molecule has 1 aliphatic rings. The molecule has 2 rings (SSSR count). The Hall–Kier alpha value is -2.08. The van der Waals surface area contributed by atoms with E-state index >= 15 is 0 Å². The third kappa shape index (κ3) is 4.95. The molecule has 0 bridgehead atoms. The van der Waals surface area contributed by atoms with Crippen LogP contribution >= 0.6 is 0 Å². The van der Waals surface area contributed by atoms with E-state index < -0.39 is 11.4 Å². The van der Waals surface area contributed by atoms with Crippen LogP contribution in [0.1, 0.15) is 31.7 Å². The SMILES string of the molecule is CCCOc1cccc(CC(=O)N2CCCC(COC)(C(=O)O)C2)c1. The third-order valence-electron chi connectivity index (χ3n) is 4.53. The Labute approximate surface area is 148 Å². The summed E-state index contributed by atoms with van der Waals surface area (Å²) < 4.78 is 10.7. The molecule has 1 heterocycles. The van der Waals surface area contributed by atoms with E-state index in [9.17, 15) is 14.7 Å². The summed E-state index contributed by atoms with van der Waals surface area (Å²) in [6.07, 6.45) is 2.36. The van der Waals surface area contributed by atoms with Gasteiger partial charge in [-0.15, -0.1) is 0 Å². The van der Waals surface area contributed by atoms with Gasteiger partial charge < -0.3 is 19.5 Å². The van der Waals surface area contributed by atoms with Gasteiger partial charge in [-0.05, 0) is 37.0 Å². The van der Waals surface area contributed by atoms with E-state index in [0.717, 1.165) is 17.7 Å². The van der Waals surface area contributed by atoms with Gasteiger partial charge in [0.05, 0.1) is 19.6 Å². The maximum Gasteiger partial charge on any atom is 0.313 e. The Kier molecular flexibility index (Phi) is 6.82. The van der Waals surface area contributed by atoms with Crippen LogP contribution in [0.2, 0.25) is 0 Å². The first-order valence-electron chi connectivity index (χ1n) is 8.72. The first-order chi connectivity index (χ1) is 12.0. The third-order valence-corrected chi connectivity index (χ3v) is 4.53. The van der Waals surface area contributed by atoms with Crippen molar-refractivity contribution in [3.8, 4) is 5.75 Å². The van der Waals surface area contributed by atoms with Crippen molar-refractivity contribution >= 4 is 11.9 Å². The molecule has 1 fully saturated rings. The lowest BCUT2D eigenvalue weighted by Crippen LogP contribution is -2.52. The van der Waals surface area contributed by atoms with E-state index in [1.807, 2.05) is 31.2 Å². The molecule has 1 aromatic carbocycles. The zero-order valence-corrected chi connectivity index (χ0v) is 15.0. The van der Waals surface area contributed by atoms with E-state index in [4.69, 9.17) is 9.47 Å². The second kappa shape index (κ2) is 8.85. The molecule has 138 valence electrons. The number of carboxylic acids is 1. The van der Waals surface area contributed by atoms with Gasteiger partial charge in [-0.2, -0.15) is 0 Å². The predicted octanol–water partition coefficient (Wildman–Crippen LogP) is 2.36. The number of hydrogen-bond acceptors (Lipinski definition) is 4. The Morgan fingerprint density at radius 1 is 1.36 bits per heavy atom. The van der Waals surface area contributed by atoms with Gasteiger partial charge >= 0.3 is 5.97 Å². The van der Waals surface area contributed by atoms with Crippen molar-refractivity contribution in [1.29, 1.82) is 0 Å². The zero-order chi connectivity index (χ0) is 18.3. The van der Waals surface area contributed by atoms with Crippen molar-refractivity contribution in [1.82, 2.24) is 4.90 Å². The number of rotatable bonds is 8. The van der Waals surface area contributed by atoms with Crippen LogP contribution in [-0.2, 0) is 20.7 Å². The number of benzene rings is 1. The van der Waals surface area contributed by atoms with Crippen molar-refractivity contribution in [3.05, 3.63) is 29.8 Å². The van der Waals surface area contributed by atoms with Gasteiger partial charge in [0.1, 0.15) is 11.2 Å². The molecule has 0 aromatic heterocycles. The highest BCUT2D eigenvalue weighted by molar-refractivity contribution is 5.81. The summed E-state index contributed by atoms with van der Waals surface area (Å²) in [7, 11) is 1.49. The van der Waals surface area contributed by atoms with Crippen molar-refractivity contribution in [2.24, 2.45) is 5.41 Å². The molecule has 0 spiro atoms. The number of nitrogens with zero attached hydrogens (tertiary/aromatic N) is 1. The number of hydrogen-bond donors (Lipinski definition) is 1. The Morgan fingerprint density at radius 3 is 2.84 bits per heavy atom. The van der Waals surface area contributed by atoms with Gasteiger partial charge in [-0.1, -0.05) is 19.1 Å². The summed E-state index contributed by atoms with van der Waals surface area (Å²) in [5.74, 6) is -0.207. The smallest absolute Gasteiger partial charge is 0.313 e. The van der Waals surface area contributed by atoms with Crippen molar-refractivity contribution in [2.75, 3.05) is 33.4 Å². The molecule has 0 aliphatic carbocycles. The Balaban J connectivity index is 2.04. The highest BCUT2D eigenvalue weighted by Gasteiger charge is 2.43. The lowest BCUT2D eigenvalue weighted by atomic mass is 9.80. The van der Waals surface area contributed by atoms with Crippen LogP contribution in [0.4, 0.5) is 0 Å². The van der Waals surface area contributed by atoms with Crippen LogP contribution in [-0.4, -0.2) is 55.3 Å². The summed E-state index contributed by atoms with van der Waals surface area (Å²) in [6, 6.07) is 7.51. The monoisotopic (exact) mass is 349 g/mol. The minimum absolute atomic E-state index is 0.0610. The molecular formula is C19H27NO5. The second-order valence-electron chi connectivity index (χ2n) is 6.61. The van der Waals surface area contributed by atoms with Crippen LogP contribution in [0, 0.1) is 5.41 Å². The molecule has 6 heteroatoms. The average Bonchev–Trinajstić information content (AvgIpc) is 2.60. The van der Waals surface area contributed by atoms with E-state index in [1.165, 1.54) is 7.11 Å². The molecule has 1 aromatic rings. The fourth-order valence-electron chi connectivity index (χ4n) is 3.23.